The molecule has 0 saturated heterocycles. The van der Waals surface area contributed by atoms with Gasteiger partial charge in [0.2, 0.25) is 0 Å². The molecule has 2 N–H and O–H groups in total. The minimum Gasteiger partial charge on any atom is -0.478 e. The van der Waals surface area contributed by atoms with Crippen LogP contribution in [0.15, 0.2) is 29.8 Å². The maximum absolute atomic E-state index is 15.1. The summed E-state index contributed by atoms with van der Waals surface area (Å²) < 4.78 is 30.1. The fourth-order valence-electron chi connectivity index (χ4n) is 3.02. The molecule has 0 aromatic heterocycles. The fourth-order valence-corrected chi connectivity index (χ4v) is 3.02. The van der Waals surface area contributed by atoms with Crippen molar-refractivity contribution in [2.24, 2.45) is 0 Å². The Labute approximate surface area is 158 Å². The number of benzene rings is 2. The number of nitrogens with one attached hydrogen (secondary N) is 1. The third-order valence-corrected chi connectivity index (χ3v) is 4.50. The smallest absolute Gasteiger partial charge is 0.331 e. The quantitative estimate of drug-likeness (QED) is 0.616. The summed E-state index contributed by atoms with van der Waals surface area (Å²) in [5, 5.41) is 12.4. The lowest BCUT2D eigenvalue weighted by Gasteiger charge is -2.16. The second-order valence-corrected chi connectivity index (χ2v) is 6.87. The molecule has 0 aliphatic rings. The van der Waals surface area contributed by atoms with Crippen molar-refractivity contribution < 1.29 is 18.7 Å². The monoisotopic (exact) mass is 373 g/mol. The molecule has 144 valence electrons. The first kappa shape index (κ1) is 20.6. The molecule has 0 fully saturated rings. The van der Waals surface area contributed by atoms with Crippen LogP contribution in [0, 0.1) is 25.5 Å². The van der Waals surface area contributed by atoms with Gasteiger partial charge in [0.05, 0.1) is 0 Å². The standard InChI is InChI=1S/C22H25F2NO2/c1-6-15(22(26)27)11-18-13(4)21(24)19(14(5)20(18)23)16-7-9-17(10-8-16)25-12(2)3/h7-12,25H,6H2,1-5H3,(H,26,27). The van der Waals surface area contributed by atoms with Crippen LogP contribution in [0.25, 0.3) is 17.2 Å². The molecule has 0 aliphatic heterocycles. The summed E-state index contributed by atoms with van der Waals surface area (Å²) in [6.07, 6.45) is 1.45. The molecule has 0 unspecified atom stereocenters. The average molecular weight is 373 g/mol. The minimum atomic E-state index is -1.13. The van der Waals surface area contributed by atoms with Gasteiger partial charge in [-0.2, -0.15) is 0 Å². The van der Waals surface area contributed by atoms with Crippen molar-refractivity contribution in [1.82, 2.24) is 0 Å². The van der Waals surface area contributed by atoms with Gasteiger partial charge in [-0.1, -0.05) is 19.1 Å². The molecule has 2 aromatic rings. The number of aliphatic carboxylic acids is 1. The third-order valence-electron chi connectivity index (χ3n) is 4.50. The van der Waals surface area contributed by atoms with Gasteiger partial charge in [-0.3, -0.25) is 0 Å². The highest BCUT2D eigenvalue weighted by molar-refractivity contribution is 5.92. The van der Waals surface area contributed by atoms with Gasteiger partial charge in [-0.25, -0.2) is 13.6 Å². The average Bonchev–Trinajstić information content (AvgIpc) is 2.61. The lowest BCUT2D eigenvalue weighted by Crippen LogP contribution is -2.09. The molecule has 3 nitrogen and oxygen atoms in total. The van der Waals surface area contributed by atoms with Crippen LogP contribution in [0.4, 0.5) is 14.5 Å². The number of rotatable bonds is 6. The van der Waals surface area contributed by atoms with Gasteiger partial charge in [-0.05, 0) is 69.0 Å². The van der Waals surface area contributed by atoms with Crippen LogP contribution in [0.2, 0.25) is 0 Å². The van der Waals surface area contributed by atoms with E-state index >= 15 is 4.39 Å². The summed E-state index contributed by atoms with van der Waals surface area (Å²) in [5.74, 6) is -2.27. The molecule has 0 spiro atoms. The normalized spacial score (nSPS) is 11.8. The Kier molecular flexibility index (Phi) is 6.37. The van der Waals surface area contributed by atoms with Gasteiger partial charge < -0.3 is 10.4 Å². The minimum absolute atomic E-state index is 0.00825. The summed E-state index contributed by atoms with van der Waals surface area (Å²) in [6.45, 7) is 8.68. The molecule has 0 radical (unpaired) electrons. The Morgan fingerprint density at radius 2 is 1.70 bits per heavy atom. The van der Waals surface area contributed by atoms with Crippen LogP contribution in [0.1, 0.15) is 43.9 Å². The number of hydrogen-bond donors (Lipinski definition) is 2. The summed E-state index contributed by atoms with van der Waals surface area (Å²) in [5.41, 5.74) is 1.97. The molecule has 0 aliphatic carbocycles. The van der Waals surface area contributed by atoms with Crippen LogP contribution < -0.4 is 5.32 Å². The highest BCUT2D eigenvalue weighted by Crippen LogP contribution is 2.35. The molecule has 2 aromatic carbocycles. The van der Waals surface area contributed by atoms with Crippen molar-refractivity contribution in [3.8, 4) is 11.1 Å². The zero-order chi connectivity index (χ0) is 20.3. The highest BCUT2D eigenvalue weighted by atomic mass is 19.1. The van der Waals surface area contributed by atoms with E-state index in [1.165, 1.54) is 19.9 Å². The molecule has 0 heterocycles. The molecule has 0 saturated carbocycles. The van der Waals surface area contributed by atoms with Crippen molar-refractivity contribution in [3.05, 3.63) is 58.2 Å². The lowest BCUT2D eigenvalue weighted by atomic mass is 9.92. The molecule has 0 amide bonds. The van der Waals surface area contributed by atoms with Crippen molar-refractivity contribution in [2.75, 3.05) is 5.32 Å². The number of hydrogen-bond acceptors (Lipinski definition) is 2. The number of anilines is 1. The van der Waals surface area contributed by atoms with Crippen molar-refractivity contribution in [2.45, 2.75) is 47.1 Å². The van der Waals surface area contributed by atoms with Crippen LogP contribution in [-0.2, 0) is 4.79 Å². The SMILES string of the molecule is CCC(=Cc1c(C)c(F)c(-c2ccc(NC(C)C)cc2)c(C)c1F)C(=O)O. The second kappa shape index (κ2) is 8.33. The number of carboxylic acid groups (broad SMARTS) is 1. The largest absolute Gasteiger partial charge is 0.478 e. The molecular formula is C22H25F2NO2. The molecule has 0 bridgehead atoms. The first-order chi connectivity index (χ1) is 12.7. The predicted octanol–water partition coefficient (Wildman–Crippen LogP) is 5.95. The predicted molar refractivity (Wildman–Crippen MR) is 106 cm³/mol. The Morgan fingerprint density at radius 3 is 2.19 bits per heavy atom. The Hall–Kier alpha value is -2.69. The van der Waals surface area contributed by atoms with Crippen LogP contribution in [0.3, 0.4) is 0 Å². The van der Waals surface area contributed by atoms with E-state index in [1.807, 2.05) is 26.0 Å². The van der Waals surface area contributed by atoms with Crippen molar-refractivity contribution in [1.29, 1.82) is 0 Å². The van der Waals surface area contributed by atoms with Gasteiger partial charge in [0.1, 0.15) is 11.6 Å². The van der Waals surface area contributed by atoms with Crippen molar-refractivity contribution in [3.63, 3.8) is 0 Å². The topological polar surface area (TPSA) is 49.3 Å². The molecule has 2 rings (SSSR count). The van der Waals surface area contributed by atoms with Gasteiger partial charge in [0.25, 0.3) is 0 Å². The van der Waals surface area contributed by atoms with E-state index in [0.29, 0.717) is 5.56 Å². The second-order valence-electron chi connectivity index (χ2n) is 6.87. The van der Waals surface area contributed by atoms with Gasteiger partial charge in [-0.15, -0.1) is 0 Å². The Morgan fingerprint density at radius 1 is 1.11 bits per heavy atom. The van der Waals surface area contributed by atoms with E-state index in [2.05, 4.69) is 5.32 Å². The maximum Gasteiger partial charge on any atom is 0.331 e. The van der Waals surface area contributed by atoms with Crippen LogP contribution in [-0.4, -0.2) is 17.1 Å². The first-order valence-electron chi connectivity index (χ1n) is 8.96. The van der Waals surface area contributed by atoms with Crippen molar-refractivity contribution >= 4 is 17.7 Å². The maximum atomic E-state index is 15.1. The zero-order valence-electron chi connectivity index (χ0n) is 16.3. The van der Waals surface area contributed by atoms with E-state index in [-0.39, 0.29) is 40.3 Å². The summed E-state index contributed by atoms with van der Waals surface area (Å²) in [6, 6.07) is 7.42. The fraction of sp³-hybridized carbons (Fsp3) is 0.318. The molecule has 5 heteroatoms. The van der Waals surface area contributed by atoms with Gasteiger partial charge in [0.15, 0.2) is 0 Å². The summed E-state index contributed by atoms with van der Waals surface area (Å²) in [7, 11) is 0. The number of carbonyl (C=O) groups is 1. The van der Waals surface area contributed by atoms with Crippen LogP contribution >= 0.6 is 0 Å². The third kappa shape index (κ3) is 4.35. The van der Waals surface area contributed by atoms with E-state index < -0.39 is 17.6 Å². The Balaban J connectivity index is 2.59. The zero-order valence-corrected chi connectivity index (χ0v) is 16.3. The van der Waals surface area contributed by atoms with E-state index in [0.717, 1.165) is 5.69 Å². The molecular weight excluding hydrogens is 348 g/mol. The molecule has 27 heavy (non-hydrogen) atoms. The highest BCUT2D eigenvalue weighted by Gasteiger charge is 2.21. The lowest BCUT2D eigenvalue weighted by molar-refractivity contribution is -0.132. The number of halogens is 2. The molecule has 0 atom stereocenters. The van der Waals surface area contributed by atoms with Crippen LogP contribution in [0.5, 0.6) is 0 Å². The Bertz CT molecular complexity index is 855. The van der Waals surface area contributed by atoms with E-state index in [4.69, 9.17) is 0 Å². The van der Waals surface area contributed by atoms with Gasteiger partial charge >= 0.3 is 5.97 Å². The summed E-state index contributed by atoms with van der Waals surface area (Å²) >= 11 is 0. The first-order valence-corrected chi connectivity index (χ1v) is 8.96. The van der Waals surface area contributed by atoms with E-state index in [1.54, 1.807) is 19.1 Å². The van der Waals surface area contributed by atoms with E-state index in [9.17, 15) is 14.3 Å². The van der Waals surface area contributed by atoms with Gasteiger partial charge in [0, 0.05) is 28.4 Å². The summed E-state index contributed by atoms with van der Waals surface area (Å²) in [4.78, 5) is 11.2. The number of carboxylic acids is 1.